The van der Waals surface area contributed by atoms with Crippen LogP contribution in [0.2, 0.25) is 0 Å². The van der Waals surface area contributed by atoms with Crippen LogP contribution in [0.3, 0.4) is 0 Å². The molecule has 3 heterocycles. The molecule has 0 atom stereocenters. The second-order valence-electron chi connectivity index (χ2n) is 9.46. The van der Waals surface area contributed by atoms with Crippen molar-refractivity contribution in [2.24, 2.45) is 10.2 Å². The van der Waals surface area contributed by atoms with Gasteiger partial charge in [0.25, 0.3) is 11.8 Å². The zero-order valence-corrected chi connectivity index (χ0v) is 24.0. The molecule has 0 spiro atoms. The fraction of sp³-hybridized carbons (Fsp3) is 0.0625. The van der Waals surface area contributed by atoms with Crippen LogP contribution in [-0.2, 0) is 0 Å². The molecule has 0 aliphatic heterocycles. The number of benzene rings is 2. The molecule has 0 saturated heterocycles. The second-order valence-corrected chi connectivity index (χ2v) is 9.46. The zero-order valence-electron chi connectivity index (χ0n) is 24.0. The minimum Gasteiger partial charge on any atom is -0.459 e. The summed E-state index contributed by atoms with van der Waals surface area (Å²) in [7, 11) is 0. The fourth-order valence-corrected chi connectivity index (χ4v) is 3.88. The summed E-state index contributed by atoms with van der Waals surface area (Å²) in [6, 6.07) is 22.7. The van der Waals surface area contributed by atoms with E-state index in [1.54, 1.807) is 86.6 Å². The smallest absolute Gasteiger partial charge is 0.307 e. The molecule has 5 aromatic rings. The number of anilines is 2. The van der Waals surface area contributed by atoms with E-state index in [0.29, 0.717) is 33.9 Å². The number of rotatable bonds is 10. The van der Waals surface area contributed by atoms with Crippen molar-refractivity contribution in [1.29, 1.82) is 0 Å². The van der Waals surface area contributed by atoms with Gasteiger partial charge >= 0.3 is 11.8 Å². The van der Waals surface area contributed by atoms with Gasteiger partial charge in [-0.1, -0.05) is 24.3 Å². The van der Waals surface area contributed by atoms with Crippen LogP contribution in [0, 0.1) is 0 Å². The maximum atomic E-state index is 12.6. The van der Waals surface area contributed by atoms with Gasteiger partial charge in [-0.3, -0.25) is 19.2 Å². The van der Waals surface area contributed by atoms with Gasteiger partial charge in [-0.15, -0.1) is 0 Å². The Balaban J connectivity index is 1.11. The van der Waals surface area contributed by atoms with Gasteiger partial charge in [-0.05, 0) is 85.6 Å². The Morgan fingerprint density at radius 1 is 0.511 bits per heavy atom. The summed E-state index contributed by atoms with van der Waals surface area (Å²) < 4.78 is 15.5. The van der Waals surface area contributed by atoms with Crippen LogP contribution in [0.5, 0.6) is 0 Å². The lowest BCUT2D eigenvalue weighted by Crippen LogP contribution is -2.20. The first-order valence-corrected chi connectivity index (χ1v) is 13.5. The zero-order chi connectivity index (χ0) is 31.8. The lowest BCUT2D eigenvalue weighted by Gasteiger charge is -2.06. The SMILES string of the molecule is C/C(=N\NC(=O)c1ccc(C(=O)N/N=C(\C)c2ccc(NC(=O)c3ccco3)cc2)o1)c1ccc(NC(=O)c2ccco2)cc1. The van der Waals surface area contributed by atoms with Gasteiger partial charge in [-0.25, -0.2) is 10.9 Å². The van der Waals surface area contributed by atoms with Crippen LogP contribution in [0.1, 0.15) is 67.2 Å². The second kappa shape index (κ2) is 13.6. The molecule has 2 aromatic carbocycles. The molecule has 0 aliphatic rings. The van der Waals surface area contributed by atoms with Crippen molar-refractivity contribution in [1.82, 2.24) is 10.9 Å². The Morgan fingerprint density at radius 3 is 1.27 bits per heavy atom. The van der Waals surface area contributed by atoms with Crippen molar-refractivity contribution >= 4 is 46.4 Å². The molecule has 0 aliphatic carbocycles. The Labute approximate surface area is 256 Å². The highest BCUT2D eigenvalue weighted by atomic mass is 16.4. The van der Waals surface area contributed by atoms with Gasteiger partial charge in [0, 0.05) is 11.4 Å². The van der Waals surface area contributed by atoms with Crippen LogP contribution in [0.25, 0.3) is 0 Å². The third-order valence-corrected chi connectivity index (χ3v) is 6.31. The van der Waals surface area contributed by atoms with Gasteiger partial charge in [-0.2, -0.15) is 10.2 Å². The summed E-state index contributed by atoms with van der Waals surface area (Å²) in [4.78, 5) is 49.3. The normalized spacial score (nSPS) is 11.5. The minimum atomic E-state index is -0.658. The van der Waals surface area contributed by atoms with E-state index in [-0.39, 0.29) is 34.9 Å². The first-order chi connectivity index (χ1) is 21.8. The Hall–Kier alpha value is -6.50. The number of nitrogens with zero attached hydrogens (tertiary/aromatic N) is 2. The molecular formula is C32H26N6O7. The highest BCUT2D eigenvalue weighted by Gasteiger charge is 2.16. The number of nitrogens with one attached hydrogen (secondary N) is 4. The van der Waals surface area contributed by atoms with Crippen molar-refractivity contribution < 1.29 is 32.4 Å². The Morgan fingerprint density at radius 2 is 0.911 bits per heavy atom. The first-order valence-electron chi connectivity index (χ1n) is 13.5. The van der Waals surface area contributed by atoms with E-state index in [9.17, 15) is 19.2 Å². The molecule has 0 radical (unpaired) electrons. The molecule has 0 unspecified atom stereocenters. The number of hydrogen-bond donors (Lipinski definition) is 4. The number of hydrogen-bond acceptors (Lipinski definition) is 9. The minimum absolute atomic E-state index is 0.124. The number of carbonyl (C=O) groups is 4. The van der Waals surface area contributed by atoms with Crippen molar-refractivity contribution in [3.63, 3.8) is 0 Å². The maximum Gasteiger partial charge on any atom is 0.307 e. The van der Waals surface area contributed by atoms with Crippen molar-refractivity contribution in [3.05, 3.63) is 132 Å². The largest absolute Gasteiger partial charge is 0.459 e. The van der Waals surface area contributed by atoms with E-state index in [0.717, 1.165) is 0 Å². The molecule has 5 rings (SSSR count). The molecule has 3 aromatic heterocycles. The summed E-state index contributed by atoms with van der Waals surface area (Å²) in [5.41, 5.74) is 8.29. The van der Waals surface area contributed by atoms with E-state index in [4.69, 9.17) is 13.3 Å². The van der Waals surface area contributed by atoms with Crippen molar-refractivity contribution in [2.45, 2.75) is 13.8 Å². The monoisotopic (exact) mass is 606 g/mol. The molecule has 13 nitrogen and oxygen atoms in total. The lowest BCUT2D eigenvalue weighted by molar-refractivity contribution is 0.0900. The Bertz CT molecular complexity index is 1730. The van der Waals surface area contributed by atoms with Crippen LogP contribution in [-0.4, -0.2) is 35.1 Å². The molecule has 0 saturated carbocycles. The average molecular weight is 607 g/mol. The molecule has 226 valence electrons. The van der Waals surface area contributed by atoms with Crippen molar-refractivity contribution in [3.8, 4) is 0 Å². The molecule has 4 amide bonds. The fourth-order valence-electron chi connectivity index (χ4n) is 3.88. The maximum absolute atomic E-state index is 12.6. The van der Waals surface area contributed by atoms with Gasteiger partial charge in [0.2, 0.25) is 0 Å². The van der Waals surface area contributed by atoms with Gasteiger partial charge in [0.15, 0.2) is 23.0 Å². The molecular weight excluding hydrogens is 580 g/mol. The van der Waals surface area contributed by atoms with E-state index in [2.05, 4.69) is 31.7 Å². The predicted octanol–water partition coefficient (Wildman–Crippen LogP) is 5.28. The third kappa shape index (κ3) is 7.67. The van der Waals surface area contributed by atoms with E-state index in [1.165, 1.54) is 24.7 Å². The van der Waals surface area contributed by atoms with Gasteiger partial charge < -0.3 is 23.9 Å². The summed E-state index contributed by atoms with van der Waals surface area (Å²) in [5.74, 6) is -1.93. The average Bonchev–Trinajstić information content (AvgIpc) is 3.86. The van der Waals surface area contributed by atoms with E-state index >= 15 is 0 Å². The number of amides is 4. The van der Waals surface area contributed by atoms with Crippen LogP contribution in [0.15, 0.2) is 121 Å². The topological polar surface area (TPSA) is 181 Å². The summed E-state index contributed by atoms with van der Waals surface area (Å²) in [6.45, 7) is 3.39. The summed E-state index contributed by atoms with van der Waals surface area (Å²) >= 11 is 0. The van der Waals surface area contributed by atoms with Crippen LogP contribution in [0.4, 0.5) is 11.4 Å². The van der Waals surface area contributed by atoms with Gasteiger partial charge in [0.1, 0.15) is 0 Å². The molecule has 13 heteroatoms. The molecule has 0 bridgehead atoms. The third-order valence-electron chi connectivity index (χ3n) is 6.31. The molecule has 0 fully saturated rings. The standard InChI is InChI=1S/C32H26N6O7/c1-19(21-7-11-23(12-8-21)33-29(39)25-5-3-17-43-25)35-37-31(41)27-15-16-28(45-27)32(42)38-36-20(2)22-9-13-24(14-10-22)34-30(40)26-6-4-18-44-26/h3-18H,1-2H3,(H,33,39)(H,34,40)(H,37,41)(H,38,42)/b35-19+,36-20+. The van der Waals surface area contributed by atoms with Crippen LogP contribution >= 0.6 is 0 Å². The quantitative estimate of drug-likeness (QED) is 0.123. The highest BCUT2D eigenvalue weighted by molar-refractivity contribution is 6.05. The number of carbonyl (C=O) groups excluding carboxylic acids is 4. The van der Waals surface area contributed by atoms with E-state index < -0.39 is 11.8 Å². The molecule has 45 heavy (non-hydrogen) atoms. The summed E-state index contributed by atoms with van der Waals surface area (Å²) in [5, 5.41) is 13.6. The summed E-state index contributed by atoms with van der Waals surface area (Å²) in [6.07, 6.45) is 2.83. The predicted molar refractivity (Wildman–Crippen MR) is 164 cm³/mol. The molecule has 4 N–H and O–H groups in total. The van der Waals surface area contributed by atoms with Crippen molar-refractivity contribution in [2.75, 3.05) is 10.6 Å². The lowest BCUT2D eigenvalue weighted by atomic mass is 10.1. The number of furan rings is 3. The first kappa shape index (κ1) is 30.0. The van der Waals surface area contributed by atoms with Gasteiger partial charge in [0.05, 0.1) is 23.9 Å². The Kier molecular flexibility index (Phi) is 9.09. The van der Waals surface area contributed by atoms with E-state index in [1.807, 2.05) is 0 Å². The number of hydrazone groups is 2. The van der Waals surface area contributed by atoms with Crippen LogP contribution < -0.4 is 21.5 Å². The highest BCUT2D eigenvalue weighted by Crippen LogP contribution is 2.15.